The number of hydrogen-bond donors (Lipinski definition) is 3. The number of benzene rings is 1. The number of nitrogens with one attached hydrogen (secondary N) is 1. The Balaban J connectivity index is 2.24. The first kappa shape index (κ1) is 24.0. The van der Waals surface area contributed by atoms with E-state index in [4.69, 9.17) is 9.79 Å². The molecule has 164 valence electrons. The van der Waals surface area contributed by atoms with Crippen LogP contribution in [0.4, 0.5) is 14.5 Å². The second kappa shape index (κ2) is 9.27. The summed E-state index contributed by atoms with van der Waals surface area (Å²) in [5, 5.41) is 3.64. The summed E-state index contributed by atoms with van der Waals surface area (Å²) in [5.74, 6) is -3.85. The first-order chi connectivity index (χ1) is 13.7. The first-order valence-electron chi connectivity index (χ1n) is 8.47. The molecular formula is C17H20F2N3O6PS. The summed E-state index contributed by atoms with van der Waals surface area (Å²) in [6.45, 7) is 4.81. The van der Waals surface area contributed by atoms with Crippen LogP contribution >= 0.6 is 19.2 Å². The maximum Gasteiger partial charge on any atom is 0.471 e. The van der Waals surface area contributed by atoms with Gasteiger partial charge >= 0.3 is 7.82 Å². The lowest BCUT2D eigenvalue weighted by Crippen LogP contribution is -2.21. The van der Waals surface area contributed by atoms with Crippen molar-refractivity contribution in [2.45, 2.75) is 33.9 Å². The van der Waals surface area contributed by atoms with Crippen LogP contribution in [0, 0.1) is 17.0 Å². The summed E-state index contributed by atoms with van der Waals surface area (Å²) >= 11 is 0.946. The number of thiazole rings is 1. The molecule has 1 aromatic heterocycles. The van der Waals surface area contributed by atoms with Crippen molar-refractivity contribution in [3.8, 4) is 0 Å². The lowest BCUT2D eigenvalue weighted by atomic mass is 9.92. The molecule has 0 fully saturated rings. The number of aromatic nitrogens is 1. The van der Waals surface area contributed by atoms with Gasteiger partial charge in [0.15, 0.2) is 16.4 Å². The highest BCUT2D eigenvalue weighted by Gasteiger charge is 2.21. The van der Waals surface area contributed by atoms with Gasteiger partial charge in [0, 0.05) is 23.6 Å². The topological polar surface area (TPSA) is 130 Å². The molecule has 2 amide bonds. The van der Waals surface area contributed by atoms with Crippen molar-refractivity contribution in [3.63, 3.8) is 0 Å². The number of phosphoric acid groups is 1. The van der Waals surface area contributed by atoms with Crippen LogP contribution in [0.5, 0.6) is 0 Å². The summed E-state index contributed by atoms with van der Waals surface area (Å²) in [4.78, 5) is 45.4. The number of halogens is 2. The minimum absolute atomic E-state index is 0.00294. The Bertz CT molecular complexity index is 1050. The summed E-state index contributed by atoms with van der Waals surface area (Å²) in [7, 11) is -4.74. The molecule has 0 unspecified atom stereocenters. The van der Waals surface area contributed by atoms with Crippen LogP contribution in [0.3, 0.4) is 0 Å². The number of carbonyl (C=O) groups excluding carboxylic acids is 2. The van der Waals surface area contributed by atoms with Crippen LogP contribution in [0.15, 0.2) is 28.7 Å². The number of rotatable bonds is 6. The molecule has 0 saturated carbocycles. The molecule has 3 N–H and O–H groups in total. The van der Waals surface area contributed by atoms with Crippen LogP contribution in [0.1, 0.15) is 37.6 Å². The third kappa shape index (κ3) is 7.22. The fourth-order valence-corrected chi connectivity index (χ4v) is 3.24. The normalized spacial score (nSPS) is 12.8. The summed E-state index contributed by atoms with van der Waals surface area (Å²) in [6, 6.07) is 1.48. The number of phosphoric ester groups is 1. The van der Waals surface area contributed by atoms with Gasteiger partial charge < -0.3 is 15.1 Å². The Morgan fingerprint density at radius 2 is 1.87 bits per heavy atom. The molecule has 13 heteroatoms. The van der Waals surface area contributed by atoms with Crippen molar-refractivity contribution >= 4 is 36.7 Å². The van der Waals surface area contributed by atoms with E-state index in [0.717, 1.165) is 28.0 Å². The highest BCUT2D eigenvalue weighted by atomic mass is 32.1. The van der Waals surface area contributed by atoms with Crippen LogP contribution in [0.2, 0.25) is 0 Å². The average Bonchev–Trinajstić information content (AvgIpc) is 3.01. The van der Waals surface area contributed by atoms with Crippen LogP contribution in [0.25, 0.3) is 0 Å². The third-order valence-corrected chi connectivity index (χ3v) is 4.71. The van der Waals surface area contributed by atoms with Gasteiger partial charge in [0.1, 0.15) is 12.4 Å². The minimum Gasteiger partial charge on any atom is -0.321 e. The number of hydrogen-bond acceptors (Lipinski definition) is 5. The van der Waals surface area contributed by atoms with E-state index in [1.54, 1.807) is 20.8 Å². The van der Waals surface area contributed by atoms with Crippen molar-refractivity contribution in [1.29, 1.82) is 0 Å². The van der Waals surface area contributed by atoms with Crippen LogP contribution in [-0.4, -0.2) is 26.2 Å². The Morgan fingerprint density at radius 3 is 2.40 bits per heavy atom. The Kier molecular flexibility index (Phi) is 7.43. The van der Waals surface area contributed by atoms with E-state index in [9.17, 15) is 22.9 Å². The van der Waals surface area contributed by atoms with Gasteiger partial charge in [-0.15, -0.1) is 11.3 Å². The molecule has 0 aliphatic carbocycles. The fraction of sp³-hybridized carbons (Fsp3) is 0.353. The van der Waals surface area contributed by atoms with Gasteiger partial charge in [-0.3, -0.25) is 18.7 Å². The summed E-state index contributed by atoms with van der Waals surface area (Å²) < 4.78 is 44.9. The predicted octanol–water partition coefficient (Wildman–Crippen LogP) is 3.01. The molecule has 1 aromatic carbocycles. The molecule has 30 heavy (non-hydrogen) atoms. The largest absolute Gasteiger partial charge is 0.471 e. The standard InChI is InChI=1S/C17H20F2N3O6PS/c1-17(2,3)8-13(23)20-14-11(18)6-10(7-12(14)19)15(24)21-16-22(4-5-30-16)9-28-29(25,26)27/h4-7H,8-9H2,1-3H3,(H,20,23)(H2,25,26,27). The van der Waals surface area contributed by atoms with Gasteiger partial charge in [0.2, 0.25) is 5.91 Å². The van der Waals surface area contributed by atoms with Gasteiger partial charge in [-0.25, -0.2) is 13.3 Å². The molecule has 2 rings (SSSR count). The number of amides is 2. The molecular weight excluding hydrogens is 443 g/mol. The predicted molar refractivity (Wildman–Crippen MR) is 104 cm³/mol. The van der Waals surface area contributed by atoms with Crippen LogP contribution < -0.4 is 10.1 Å². The van der Waals surface area contributed by atoms with Crippen LogP contribution in [-0.2, 0) is 20.6 Å². The summed E-state index contributed by atoms with van der Waals surface area (Å²) in [5.41, 5.74) is -1.46. The summed E-state index contributed by atoms with van der Waals surface area (Å²) in [6.07, 6.45) is 1.40. The van der Waals surface area contributed by atoms with Crippen molar-refractivity contribution in [2.75, 3.05) is 5.32 Å². The van der Waals surface area contributed by atoms with Gasteiger partial charge in [-0.05, 0) is 17.5 Å². The van der Waals surface area contributed by atoms with Crippen molar-refractivity contribution < 1.29 is 37.2 Å². The smallest absolute Gasteiger partial charge is 0.321 e. The number of carbonyl (C=O) groups is 2. The Labute approximate surface area is 174 Å². The number of nitrogens with zero attached hydrogens (tertiary/aromatic N) is 2. The minimum atomic E-state index is -4.74. The van der Waals surface area contributed by atoms with Gasteiger partial charge in [-0.2, -0.15) is 4.99 Å². The highest BCUT2D eigenvalue weighted by molar-refractivity contribution is 7.46. The average molecular weight is 463 g/mol. The Hall–Kier alpha value is -2.24. The molecule has 1 heterocycles. The molecule has 0 radical (unpaired) electrons. The fourth-order valence-electron chi connectivity index (χ4n) is 2.26. The Morgan fingerprint density at radius 1 is 1.27 bits per heavy atom. The molecule has 0 atom stereocenters. The SMILES string of the molecule is CC(C)(C)CC(=O)Nc1c(F)cc(C(=O)N=c2sccn2COP(=O)(O)O)cc1F. The molecule has 9 nitrogen and oxygen atoms in total. The maximum absolute atomic E-state index is 14.3. The van der Waals surface area contributed by atoms with E-state index in [1.807, 2.05) is 0 Å². The zero-order valence-corrected chi connectivity index (χ0v) is 18.0. The van der Waals surface area contributed by atoms with E-state index in [0.29, 0.717) is 0 Å². The van der Waals surface area contributed by atoms with E-state index >= 15 is 0 Å². The van der Waals surface area contributed by atoms with E-state index in [2.05, 4.69) is 14.8 Å². The monoisotopic (exact) mass is 463 g/mol. The lowest BCUT2D eigenvalue weighted by Gasteiger charge is -2.17. The first-order valence-corrected chi connectivity index (χ1v) is 10.9. The second-order valence-corrected chi connectivity index (χ2v) is 9.53. The zero-order valence-electron chi connectivity index (χ0n) is 16.3. The molecule has 0 aliphatic heterocycles. The van der Waals surface area contributed by atoms with Gasteiger partial charge in [-0.1, -0.05) is 20.8 Å². The van der Waals surface area contributed by atoms with Gasteiger partial charge in [0.05, 0.1) is 0 Å². The molecule has 0 saturated heterocycles. The van der Waals surface area contributed by atoms with E-state index in [-0.39, 0.29) is 16.6 Å². The molecule has 0 bridgehead atoms. The van der Waals surface area contributed by atoms with Crippen molar-refractivity contribution in [3.05, 3.63) is 45.7 Å². The number of anilines is 1. The quantitative estimate of drug-likeness (QED) is 0.565. The van der Waals surface area contributed by atoms with E-state index in [1.165, 1.54) is 11.6 Å². The van der Waals surface area contributed by atoms with Gasteiger partial charge in [0.25, 0.3) is 5.91 Å². The van der Waals surface area contributed by atoms with Crippen molar-refractivity contribution in [2.24, 2.45) is 10.4 Å². The molecule has 0 aliphatic rings. The highest BCUT2D eigenvalue weighted by Crippen LogP contribution is 2.35. The molecule has 2 aromatic rings. The van der Waals surface area contributed by atoms with Crippen molar-refractivity contribution in [1.82, 2.24) is 4.57 Å². The third-order valence-electron chi connectivity index (χ3n) is 3.47. The lowest BCUT2D eigenvalue weighted by molar-refractivity contribution is -0.117. The second-order valence-electron chi connectivity index (χ2n) is 7.42. The zero-order chi connectivity index (χ0) is 22.7. The van der Waals surface area contributed by atoms with E-state index < -0.39 is 49.3 Å². The molecule has 0 spiro atoms. The maximum atomic E-state index is 14.3.